The van der Waals surface area contributed by atoms with Crippen molar-refractivity contribution in [3.8, 4) is 0 Å². The third-order valence-electron chi connectivity index (χ3n) is 2.63. The van der Waals surface area contributed by atoms with Crippen molar-refractivity contribution in [2.75, 3.05) is 32.8 Å². The van der Waals surface area contributed by atoms with E-state index in [9.17, 15) is 0 Å². The van der Waals surface area contributed by atoms with Gasteiger partial charge in [0.15, 0.2) is 0 Å². The van der Waals surface area contributed by atoms with Crippen molar-refractivity contribution in [2.24, 2.45) is 0 Å². The minimum Gasteiger partial charge on any atom is -0.378 e. The highest BCUT2D eigenvalue weighted by molar-refractivity contribution is 4.65. The van der Waals surface area contributed by atoms with Gasteiger partial charge in [0.05, 0.1) is 6.10 Å². The van der Waals surface area contributed by atoms with Crippen molar-refractivity contribution in [1.29, 1.82) is 0 Å². The van der Waals surface area contributed by atoms with E-state index in [4.69, 9.17) is 4.74 Å². The standard InChI is InChI=1S/C11H24N2O/c1-2-12-8-9-13-7-3-5-11-6-4-10-14-11/h11-13H,2-10H2,1H3. The van der Waals surface area contributed by atoms with Crippen molar-refractivity contribution < 1.29 is 4.74 Å². The molecular formula is C11H24N2O. The number of likely N-dealkylation sites (N-methyl/N-ethyl adjacent to an activating group) is 1. The summed E-state index contributed by atoms with van der Waals surface area (Å²) >= 11 is 0. The molecule has 0 spiro atoms. The second kappa shape index (κ2) is 8.21. The van der Waals surface area contributed by atoms with E-state index in [0.29, 0.717) is 6.10 Å². The Morgan fingerprint density at radius 2 is 2.07 bits per heavy atom. The number of nitrogens with one attached hydrogen (secondary N) is 2. The third-order valence-corrected chi connectivity index (χ3v) is 2.63. The lowest BCUT2D eigenvalue weighted by atomic mass is 10.1. The fraction of sp³-hybridized carbons (Fsp3) is 1.00. The summed E-state index contributed by atoms with van der Waals surface area (Å²) < 4.78 is 5.56. The maximum absolute atomic E-state index is 5.56. The van der Waals surface area contributed by atoms with E-state index in [2.05, 4.69) is 17.6 Å². The molecule has 0 aliphatic carbocycles. The number of hydrogen-bond acceptors (Lipinski definition) is 3. The van der Waals surface area contributed by atoms with Crippen LogP contribution in [0.25, 0.3) is 0 Å². The van der Waals surface area contributed by atoms with E-state index >= 15 is 0 Å². The Kier molecular flexibility index (Phi) is 7.01. The lowest BCUT2D eigenvalue weighted by Crippen LogP contribution is -2.28. The Morgan fingerprint density at radius 1 is 1.21 bits per heavy atom. The zero-order valence-electron chi connectivity index (χ0n) is 9.35. The molecule has 1 heterocycles. The second-order valence-electron chi connectivity index (χ2n) is 3.88. The highest BCUT2D eigenvalue weighted by Gasteiger charge is 2.13. The van der Waals surface area contributed by atoms with Gasteiger partial charge in [0, 0.05) is 19.7 Å². The van der Waals surface area contributed by atoms with Crippen LogP contribution in [0.15, 0.2) is 0 Å². The predicted molar refractivity (Wildman–Crippen MR) is 59.6 cm³/mol. The van der Waals surface area contributed by atoms with Crippen molar-refractivity contribution in [1.82, 2.24) is 10.6 Å². The van der Waals surface area contributed by atoms with Crippen molar-refractivity contribution >= 4 is 0 Å². The van der Waals surface area contributed by atoms with Crippen LogP contribution in [0.1, 0.15) is 32.6 Å². The van der Waals surface area contributed by atoms with Crippen molar-refractivity contribution in [3.05, 3.63) is 0 Å². The lowest BCUT2D eigenvalue weighted by Gasteiger charge is -2.09. The first-order valence-corrected chi connectivity index (χ1v) is 5.96. The van der Waals surface area contributed by atoms with E-state index in [1.165, 1.54) is 25.7 Å². The molecule has 0 aromatic heterocycles. The van der Waals surface area contributed by atoms with Gasteiger partial charge in [-0.25, -0.2) is 0 Å². The molecule has 3 nitrogen and oxygen atoms in total. The summed E-state index contributed by atoms with van der Waals surface area (Å²) in [6, 6.07) is 0. The van der Waals surface area contributed by atoms with Crippen LogP contribution in [-0.4, -0.2) is 38.9 Å². The van der Waals surface area contributed by atoms with E-state index in [1.54, 1.807) is 0 Å². The summed E-state index contributed by atoms with van der Waals surface area (Å²) in [7, 11) is 0. The Labute approximate surface area is 87.6 Å². The Morgan fingerprint density at radius 3 is 2.79 bits per heavy atom. The largest absolute Gasteiger partial charge is 0.378 e. The first kappa shape index (κ1) is 12.0. The Hall–Kier alpha value is -0.120. The van der Waals surface area contributed by atoms with Gasteiger partial charge in [-0.15, -0.1) is 0 Å². The van der Waals surface area contributed by atoms with E-state index in [0.717, 1.165) is 32.8 Å². The van der Waals surface area contributed by atoms with Gasteiger partial charge in [-0.2, -0.15) is 0 Å². The minimum absolute atomic E-state index is 0.561. The second-order valence-corrected chi connectivity index (χ2v) is 3.88. The molecule has 0 bridgehead atoms. The molecule has 0 aromatic carbocycles. The first-order chi connectivity index (χ1) is 6.93. The fourth-order valence-electron chi connectivity index (χ4n) is 1.81. The minimum atomic E-state index is 0.561. The van der Waals surface area contributed by atoms with Gasteiger partial charge in [-0.3, -0.25) is 0 Å². The fourth-order valence-corrected chi connectivity index (χ4v) is 1.81. The smallest absolute Gasteiger partial charge is 0.0576 e. The molecule has 1 atom stereocenters. The van der Waals surface area contributed by atoms with Gasteiger partial charge in [-0.05, 0) is 38.8 Å². The topological polar surface area (TPSA) is 33.3 Å². The average molecular weight is 200 g/mol. The lowest BCUT2D eigenvalue weighted by molar-refractivity contribution is 0.102. The van der Waals surface area contributed by atoms with E-state index in [-0.39, 0.29) is 0 Å². The van der Waals surface area contributed by atoms with Crippen LogP contribution >= 0.6 is 0 Å². The van der Waals surface area contributed by atoms with Crippen LogP contribution < -0.4 is 10.6 Å². The van der Waals surface area contributed by atoms with Gasteiger partial charge >= 0.3 is 0 Å². The molecular weight excluding hydrogens is 176 g/mol. The van der Waals surface area contributed by atoms with Crippen LogP contribution in [0.4, 0.5) is 0 Å². The molecule has 0 radical (unpaired) electrons. The molecule has 0 aromatic rings. The van der Waals surface area contributed by atoms with E-state index in [1.807, 2.05) is 0 Å². The zero-order valence-corrected chi connectivity index (χ0v) is 9.35. The molecule has 1 aliphatic heterocycles. The third kappa shape index (κ3) is 5.58. The number of ether oxygens (including phenoxy) is 1. The summed E-state index contributed by atoms with van der Waals surface area (Å²) in [6.07, 6.45) is 5.58. The highest BCUT2D eigenvalue weighted by Crippen LogP contribution is 2.16. The quantitative estimate of drug-likeness (QED) is 0.577. The van der Waals surface area contributed by atoms with Gasteiger partial charge in [0.2, 0.25) is 0 Å². The summed E-state index contributed by atoms with van der Waals surface area (Å²) in [5, 5.41) is 6.72. The summed E-state index contributed by atoms with van der Waals surface area (Å²) in [5.74, 6) is 0. The summed E-state index contributed by atoms with van der Waals surface area (Å²) in [4.78, 5) is 0. The van der Waals surface area contributed by atoms with Crippen LogP contribution in [0.2, 0.25) is 0 Å². The molecule has 1 unspecified atom stereocenters. The van der Waals surface area contributed by atoms with Gasteiger partial charge in [0.25, 0.3) is 0 Å². The Balaban J connectivity index is 1.75. The molecule has 0 amide bonds. The van der Waals surface area contributed by atoms with Gasteiger partial charge < -0.3 is 15.4 Å². The van der Waals surface area contributed by atoms with Crippen molar-refractivity contribution in [3.63, 3.8) is 0 Å². The van der Waals surface area contributed by atoms with Crippen LogP contribution in [0.3, 0.4) is 0 Å². The molecule has 3 heteroatoms. The van der Waals surface area contributed by atoms with Crippen molar-refractivity contribution in [2.45, 2.75) is 38.7 Å². The van der Waals surface area contributed by atoms with Gasteiger partial charge in [-0.1, -0.05) is 6.92 Å². The molecule has 0 saturated carbocycles. The molecule has 2 N–H and O–H groups in total. The summed E-state index contributed by atoms with van der Waals surface area (Å²) in [6.45, 7) is 7.48. The summed E-state index contributed by atoms with van der Waals surface area (Å²) in [5.41, 5.74) is 0. The molecule has 1 rings (SSSR count). The molecule has 84 valence electrons. The van der Waals surface area contributed by atoms with Crippen LogP contribution in [0.5, 0.6) is 0 Å². The molecule has 1 aliphatic rings. The number of hydrogen-bond donors (Lipinski definition) is 2. The van der Waals surface area contributed by atoms with Crippen LogP contribution in [-0.2, 0) is 4.74 Å². The SMILES string of the molecule is CCNCCNCCCC1CCCO1. The maximum atomic E-state index is 5.56. The normalized spacial score (nSPS) is 21.6. The highest BCUT2D eigenvalue weighted by atomic mass is 16.5. The average Bonchev–Trinajstić information content (AvgIpc) is 2.69. The van der Waals surface area contributed by atoms with E-state index < -0.39 is 0 Å². The zero-order chi connectivity index (χ0) is 10.1. The molecule has 14 heavy (non-hydrogen) atoms. The van der Waals surface area contributed by atoms with Crippen LogP contribution in [0, 0.1) is 0 Å². The maximum Gasteiger partial charge on any atom is 0.0576 e. The molecule has 1 fully saturated rings. The monoisotopic (exact) mass is 200 g/mol. The molecule has 1 saturated heterocycles. The first-order valence-electron chi connectivity index (χ1n) is 5.96. The van der Waals surface area contributed by atoms with Gasteiger partial charge in [0.1, 0.15) is 0 Å². The number of rotatable bonds is 8. The Bertz CT molecular complexity index is 124. The predicted octanol–water partition coefficient (Wildman–Crippen LogP) is 1.14.